The van der Waals surface area contributed by atoms with Gasteiger partial charge in [-0.25, -0.2) is 4.79 Å². The number of hydrogen-bond acceptors (Lipinski definition) is 3. The second kappa shape index (κ2) is 5.33. The number of aromatic carboxylic acids is 1. The van der Waals surface area contributed by atoms with E-state index in [9.17, 15) is 4.79 Å². The summed E-state index contributed by atoms with van der Waals surface area (Å²) in [5.74, 6) is -0.875. The van der Waals surface area contributed by atoms with Crippen molar-refractivity contribution in [3.05, 3.63) is 52.0 Å². The Morgan fingerprint density at radius 1 is 1.38 bits per heavy atom. The SMILES string of the molecule is CCc1nn(Cc2cccc(C)c2)c2sc(C(=O)O)cc12. The van der Waals surface area contributed by atoms with Gasteiger partial charge in [-0.3, -0.25) is 4.68 Å². The molecule has 0 radical (unpaired) electrons. The van der Waals surface area contributed by atoms with E-state index in [1.807, 2.05) is 17.7 Å². The minimum atomic E-state index is -0.875. The zero-order valence-corrected chi connectivity index (χ0v) is 12.8. The number of fused-ring (bicyclic) bond motifs is 1. The summed E-state index contributed by atoms with van der Waals surface area (Å²) in [6.07, 6.45) is 0.799. The second-order valence-corrected chi connectivity index (χ2v) is 6.11. The van der Waals surface area contributed by atoms with Crippen LogP contribution in [-0.2, 0) is 13.0 Å². The molecule has 21 heavy (non-hydrogen) atoms. The number of hydrogen-bond donors (Lipinski definition) is 1. The van der Waals surface area contributed by atoms with Crippen LogP contribution in [-0.4, -0.2) is 20.9 Å². The molecule has 0 aliphatic heterocycles. The smallest absolute Gasteiger partial charge is 0.345 e. The van der Waals surface area contributed by atoms with E-state index in [2.05, 4.69) is 30.2 Å². The first-order valence-corrected chi connectivity index (χ1v) is 7.68. The van der Waals surface area contributed by atoms with Crippen LogP contribution >= 0.6 is 11.3 Å². The Morgan fingerprint density at radius 2 is 2.19 bits per heavy atom. The standard InChI is InChI=1S/C16H16N2O2S/c1-3-13-12-8-14(16(19)20)21-15(12)18(17-13)9-11-6-4-5-10(2)7-11/h4-8H,3,9H2,1-2H3,(H,19,20). The fourth-order valence-corrected chi connectivity index (χ4v) is 3.45. The summed E-state index contributed by atoms with van der Waals surface area (Å²) in [6.45, 7) is 4.77. The third-order valence-corrected chi connectivity index (χ3v) is 4.60. The topological polar surface area (TPSA) is 55.1 Å². The lowest BCUT2D eigenvalue weighted by atomic mass is 10.1. The fraction of sp³-hybridized carbons (Fsp3) is 0.250. The summed E-state index contributed by atoms with van der Waals surface area (Å²) in [5.41, 5.74) is 3.35. The molecule has 5 heteroatoms. The quantitative estimate of drug-likeness (QED) is 0.799. The van der Waals surface area contributed by atoms with Crippen LogP contribution in [0, 0.1) is 6.92 Å². The monoisotopic (exact) mass is 300 g/mol. The molecule has 0 saturated heterocycles. The highest BCUT2D eigenvalue weighted by Crippen LogP contribution is 2.29. The summed E-state index contributed by atoms with van der Waals surface area (Å²) in [4.78, 5) is 12.5. The summed E-state index contributed by atoms with van der Waals surface area (Å²) in [5, 5.41) is 14.8. The number of nitrogens with zero attached hydrogens (tertiary/aromatic N) is 2. The van der Waals surface area contributed by atoms with E-state index in [1.54, 1.807) is 6.07 Å². The molecule has 0 amide bonds. The van der Waals surface area contributed by atoms with E-state index in [0.717, 1.165) is 22.3 Å². The maximum atomic E-state index is 11.2. The van der Waals surface area contributed by atoms with E-state index in [1.165, 1.54) is 22.5 Å². The lowest BCUT2D eigenvalue weighted by Gasteiger charge is -2.04. The maximum absolute atomic E-state index is 11.2. The Bertz CT molecular complexity index is 817. The molecule has 0 saturated carbocycles. The van der Waals surface area contributed by atoms with Crippen molar-refractivity contribution in [2.45, 2.75) is 26.8 Å². The third kappa shape index (κ3) is 2.56. The summed E-state index contributed by atoms with van der Waals surface area (Å²) < 4.78 is 1.92. The van der Waals surface area contributed by atoms with E-state index in [0.29, 0.717) is 11.4 Å². The lowest BCUT2D eigenvalue weighted by Crippen LogP contribution is -2.02. The highest BCUT2D eigenvalue weighted by Gasteiger charge is 2.16. The van der Waals surface area contributed by atoms with Crippen LogP contribution in [0.2, 0.25) is 0 Å². The second-order valence-electron chi connectivity index (χ2n) is 5.08. The minimum absolute atomic E-state index is 0.370. The highest BCUT2D eigenvalue weighted by molar-refractivity contribution is 7.20. The number of carboxylic acid groups (broad SMARTS) is 1. The first kappa shape index (κ1) is 13.8. The van der Waals surface area contributed by atoms with Crippen LogP contribution in [0.15, 0.2) is 30.3 Å². The molecule has 2 heterocycles. The zero-order chi connectivity index (χ0) is 15.0. The van der Waals surface area contributed by atoms with Crippen molar-refractivity contribution >= 4 is 27.5 Å². The molecular formula is C16H16N2O2S. The molecule has 0 fully saturated rings. The zero-order valence-electron chi connectivity index (χ0n) is 12.0. The molecular weight excluding hydrogens is 284 g/mol. The molecule has 0 spiro atoms. The average Bonchev–Trinajstić information content (AvgIpc) is 2.99. The van der Waals surface area contributed by atoms with Crippen molar-refractivity contribution in [3.63, 3.8) is 0 Å². The number of carboxylic acids is 1. The number of aromatic nitrogens is 2. The van der Waals surface area contributed by atoms with Gasteiger partial charge in [0.25, 0.3) is 0 Å². The van der Waals surface area contributed by atoms with E-state index in [4.69, 9.17) is 5.11 Å². The largest absolute Gasteiger partial charge is 0.477 e. The van der Waals surface area contributed by atoms with Gasteiger partial charge < -0.3 is 5.11 Å². The van der Waals surface area contributed by atoms with Crippen molar-refractivity contribution in [1.82, 2.24) is 9.78 Å². The molecule has 4 nitrogen and oxygen atoms in total. The average molecular weight is 300 g/mol. The number of aryl methyl sites for hydroxylation is 2. The Kier molecular flexibility index (Phi) is 3.51. The van der Waals surface area contributed by atoms with E-state index in [-0.39, 0.29) is 0 Å². The van der Waals surface area contributed by atoms with Crippen LogP contribution in [0.4, 0.5) is 0 Å². The van der Waals surface area contributed by atoms with E-state index < -0.39 is 5.97 Å². The maximum Gasteiger partial charge on any atom is 0.345 e. The van der Waals surface area contributed by atoms with Gasteiger partial charge >= 0.3 is 5.97 Å². The van der Waals surface area contributed by atoms with Gasteiger partial charge in [0.1, 0.15) is 9.71 Å². The van der Waals surface area contributed by atoms with Crippen LogP contribution in [0.5, 0.6) is 0 Å². The van der Waals surface area contributed by atoms with Crippen LogP contribution in [0.1, 0.15) is 33.4 Å². The lowest BCUT2D eigenvalue weighted by molar-refractivity contribution is 0.0702. The normalized spacial score (nSPS) is 11.1. The minimum Gasteiger partial charge on any atom is -0.477 e. The van der Waals surface area contributed by atoms with Gasteiger partial charge in [-0.1, -0.05) is 36.8 Å². The summed E-state index contributed by atoms with van der Waals surface area (Å²) in [7, 11) is 0. The van der Waals surface area contributed by atoms with Gasteiger partial charge in [-0.05, 0) is 25.0 Å². The van der Waals surface area contributed by atoms with Crippen molar-refractivity contribution in [2.75, 3.05) is 0 Å². The van der Waals surface area contributed by atoms with E-state index >= 15 is 0 Å². The molecule has 3 rings (SSSR count). The molecule has 0 aliphatic rings. The Hall–Kier alpha value is -2.14. The number of rotatable bonds is 4. The van der Waals surface area contributed by atoms with Gasteiger partial charge in [-0.15, -0.1) is 11.3 Å². The van der Waals surface area contributed by atoms with Gasteiger partial charge in [0.15, 0.2) is 0 Å². The molecule has 108 valence electrons. The fourth-order valence-electron chi connectivity index (χ4n) is 2.48. The van der Waals surface area contributed by atoms with Gasteiger partial charge in [0.2, 0.25) is 0 Å². The first-order valence-electron chi connectivity index (χ1n) is 6.86. The molecule has 2 aromatic heterocycles. The van der Waals surface area contributed by atoms with Crippen molar-refractivity contribution in [2.24, 2.45) is 0 Å². The van der Waals surface area contributed by atoms with Gasteiger partial charge in [0, 0.05) is 5.39 Å². The highest BCUT2D eigenvalue weighted by atomic mass is 32.1. The molecule has 3 aromatic rings. The predicted octanol–water partition coefficient (Wildman–Crippen LogP) is 3.72. The molecule has 0 aliphatic carbocycles. The summed E-state index contributed by atoms with van der Waals surface area (Å²) >= 11 is 1.29. The molecule has 1 aromatic carbocycles. The van der Waals surface area contributed by atoms with Crippen molar-refractivity contribution < 1.29 is 9.90 Å². The van der Waals surface area contributed by atoms with Crippen LogP contribution in [0.3, 0.4) is 0 Å². The van der Waals surface area contributed by atoms with Crippen molar-refractivity contribution in [3.8, 4) is 0 Å². The Labute approximate surface area is 126 Å². The van der Waals surface area contributed by atoms with Crippen LogP contribution in [0.25, 0.3) is 10.2 Å². The van der Waals surface area contributed by atoms with Gasteiger partial charge in [-0.2, -0.15) is 5.10 Å². The molecule has 0 bridgehead atoms. The predicted molar refractivity (Wildman–Crippen MR) is 84.2 cm³/mol. The summed E-state index contributed by atoms with van der Waals surface area (Å²) in [6, 6.07) is 10.0. The van der Waals surface area contributed by atoms with Crippen LogP contribution < -0.4 is 0 Å². The number of benzene rings is 1. The Balaban J connectivity index is 2.07. The third-order valence-electron chi connectivity index (χ3n) is 3.46. The molecule has 0 atom stereocenters. The number of thiophene rings is 1. The number of carbonyl (C=O) groups is 1. The molecule has 0 unspecified atom stereocenters. The van der Waals surface area contributed by atoms with Crippen molar-refractivity contribution in [1.29, 1.82) is 0 Å². The van der Waals surface area contributed by atoms with Gasteiger partial charge in [0.05, 0.1) is 12.2 Å². The molecule has 1 N–H and O–H groups in total. The first-order chi connectivity index (χ1) is 10.1. The Morgan fingerprint density at radius 3 is 2.86 bits per heavy atom.